The first-order valence-electron chi connectivity index (χ1n) is 5.92. The summed E-state index contributed by atoms with van der Waals surface area (Å²) in [6.07, 6.45) is 4.94. The summed E-state index contributed by atoms with van der Waals surface area (Å²) in [5.41, 5.74) is 2.09. The van der Waals surface area contributed by atoms with Gasteiger partial charge in [0.2, 0.25) is 0 Å². The van der Waals surface area contributed by atoms with Crippen molar-refractivity contribution in [2.45, 2.75) is 33.4 Å². The van der Waals surface area contributed by atoms with Gasteiger partial charge in [-0.2, -0.15) is 5.10 Å². The highest BCUT2D eigenvalue weighted by Crippen LogP contribution is 2.06. The van der Waals surface area contributed by atoms with Crippen LogP contribution in [0.3, 0.4) is 0 Å². The predicted molar refractivity (Wildman–Crippen MR) is 64.6 cm³/mol. The lowest BCUT2D eigenvalue weighted by atomic mass is 10.3. The molecule has 0 amide bonds. The van der Waals surface area contributed by atoms with Crippen LogP contribution >= 0.6 is 0 Å². The Hall–Kier alpha value is -1.62. The number of aryl methyl sites for hydroxylation is 1. The fraction of sp³-hybridized carbons (Fsp3) is 0.500. The third-order valence-electron chi connectivity index (χ3n) is 2.42. The van der Waals surface area contributed by atoms with E-state index in [2.05, 4.69) is 22.5 Å². The molecule has 1 N–H and O–H groups in total. The molecule has 0 atom stereocenters. The molecule has 0 saturated carbocycles. The molecule has 0 aliphatic rings. The fourth-order valence-electron chi connectivity index (χ4n) is 1.62. The van der Waals surface area contributed by atoms with Gasteiger partial charge in [-0.15, -0.1) is 0 Å². The van der Waals surface area contributed by atoms with Crippen molar-refractivity contribution in [3.63, 3.8) is 0 Å². The van der Waals surface area contributed by atoms with Gasteiger partial charge in [-0.1, -0.05) is 12.1 Å². The van der Waals surface area contributed by atoms with Gasteiger partial charge in [0.25, 0.3) is 0 Å². The summed E-state index contributed by atoms with van der Waals surface area (Å²) in [4.78, 5) is 0. The normalized spacial score (nSPS) is 10.9. The molecule has 2 aromatic rings. The molecule has 0 aliphatic heterocycles. The minimum atomic E-state index is 0.634. The smallest absolute Gasteiger partial charge is 0.158 e. The molecule has 2 heterocycles. The van der Waals surface area contributed by atoms with Gasteiger partial charge >= 0.3 is 0 Å². The van der Waals surface area contributed by atoms with E-state index in [0.29, 0.717) is 6.54 Å². The highest BCUT2D eigenvalue weighted by molar-refractivity contribution is 5.07. The van der Waals surface area contributed by atoms with Crippen LogP contribution in [0.25, 0.3) is 0 Å². The Balaban J connectivity index is 1.89. The second-order valence-corrected chi connectivity index (χ2v) is 4.18. The van der Waals surface area contributed by atoms with Gasteiger partial charge in [0, 0.05) is 18.8 Å². The molecule has 0 bridgehead atoms. The minimum absolute atomic E-state index is 0.634. The minimum Gasteiger partial charge on any atom is -0.359 e. The monoisotopic (exact) mass is 234 g/mol. The zero-order valence-corrected chi connectivity index (χ0v) is 10.3. The van der Waals surface area contributed by atoms with Crippen molar-refractivity contribution in [1.82, 2.24) is 20.3 Å². The molecule has 2 aromatic heterocycles. The van der Waals surface area contributed by atoms with E-state index in [1.807, 2.05) is 30.1 Å². The Bertz CT molecular complexity index is 461. The van der Waals surface area contributed by atoms with Gasteiger partial charge < -0.3 is 9.84 Å². The maximum atomic E-state index is 5.26. The van der Waals surface area contributed by atoms with Gasteiger partial charge in [-0.05, 0) is 25.5 Å². The first kappa shape index (κ1) is 11.9. The van der Waals surface area contributed by atoms with Crippen LogP contribution in [0.1, 0.15) is 30.4 Å². The molecule has 2 rings (SSSR count). The second kappa shape index (κ2) is 5.63. The van der Waals surface area contributed by atoms with Crippen LogP contribution in [-0.2, 0) is 13.1 Å². The quantitative estimate of drug-likeness (QED) is 0.773. The van der Waals surface area contributed by atoms with Crippen molar-refractivity contribution in [3.8, 4) is 0 Å². The average molecular weight is 234 g/mol. The average Bonchev–Trinajstić information content (AvgIpc) is 2.90. The van der Waals surface area contributed by atoms with Crippen LogP contribution in [0.2, 0.25) is 0 Å². The lowest BCUT2D eigenvalue weighted by molar-refractivity contribution is 0.364. The number of hydrogen-bond donors (Lipinski definition) is 1. The summed E-state index contributed by atoms with van der Waals surface area (Å²) in [5.74, 6) is 0.835. The maximum Gasteiger partial charge on any atom is 0.158 e. The van der Waals surface area contributed by atoms with Gasteiger partial charge in [-0.3, -0.25) is 4.68 Å². The third kappa shape index (κ3) is 3.42. The summed E-state index contributed by atoms with van der Waals surface area (Å²) in [6, 6.07) is 1.97. The highest BCUT2D eigenvalue weighted by atomic mass is 16.5. The third-order valence-corrected chi connectivity index (χ3v) is 2.42. The molecule has 17 heavy (non-hydrogen) atoms. The molecule has 0 saturated heterocycles. The van der Waals surface area contributed by atoms with E-state index >= 15 is 0 Å². The van der Waals surface area contributed by atoms with Crippen molar-refractivity contribution in [3.05, 3.63) is 35.5 Å². The topological polar surface area (TPSA) is 55.9 Å². The summed E-state index contributed by atoms with van der Waals surface area (Å²) < 4.78 is 7.10. The lowest BCUT2D eigenvalue weighted by Crippen LogP contribution is -2.13. The second-order valence-electron chi connectivity index (χ2n) is 4.18. The zero-order chi connectivity index (χ0) is 12.1. The molecule has 5 heteroatoms. The zero-order valence-electron chi connectivity index (χ0n) is 10.3. The van der Waals surface area contributed by atoms with Crippen LogP contribution in [0.15, 0.2) is 23.0 Å². The predicted octanol–water partition coefficient (Wildman–Crippen LogP) is 1.73. The molecular weight excluding hydrogens is 216 g/mol. The first-order valence-corrected chi connectivity index (χ1v) is 5.92. The van der Waals surface area contributed by atoms with Crippen LogP contribution in [-0.4, -0.2) is 21.5 Å². The fourth-order valence-corrected chi connectivity index (χ4v) is 1.62. The Morgan fingerprint density at radius 2 is 2.35 bits per heavy atom. The van der Waals surface area contributed by atoms with Crippen LogP contribution < -0.4 is 5.32 Å². The van der Waals surface area contributed by atoms with Crippen molar-refractivity contribution in [1.29, 1.82) is 0 Å². The number of rotatable bonds is 6. The van der Waals surface area contributed by atoms with Crippen molar-refractivity contribution < 1.29 is 4.52 Å². The van der Waals surface area contributed by atoms with Gasteiger partial charge in [0.05, 0.1) is 11.9 Å². The van der Waals surface area contributed by atoms with Crippen molar-refractivity contribution in [2.75, 3.05) is 6.54 Å². The first-order chi connectivity index (χ1) is 8.28. The largest absolute Gasteiger partial charge is 0.359 e. The number of nitrogens with one attached hydrogen (secondary N) is 1. The summed E-state index contributed by atoms with van der Waals surface area (Å²) >= 11 is 0. The summed E-state index contributed by atoms with van der Waals surface area (Å²) in [6.45, 7) is 6.55. The van der Waals surface area contributed by atoms with E-state index in [-0.39, 0.29) is 0 Å². The van der Waals surface area contributed by atoms with E-state index in [1.165, 1.54) is 0 Å². The molecule has 92 valence electrons. The SMILES string of the molecule is CCCNCc1cc(Cn2cc(C)cn2)on1. The van der Waals surface area contributed by atoms with E-state index in [9.17, 15) is 0 Å². The Labute approximate surface area is 101 Å². The Morgan fingerprint density at radius 1 is 1.47 bits per heavy atom. The molecule has 0 unspecified atom stereocenters. The van der Waals surface area contributed by atoms with Crippen molar-refractivity contribution >= 4 is 0 Å². The maximum absolute atomic E-state index is 5.26. The summed E-state index contributed by atoms with van der Waals surface area (Å²) in [5, 5.41) is 11.5. The molecule has 0 aliphatic carbocycles. The Morgan fingerprint density at radius 3 is 3.06 bits per heavy atom. The summed E-state index contributed by atoms with van der Waals surface area (Å²) in [7, 11) is 0. The highest BCUT2D eigenvalue weighted by Gasteiger charge is 2.05. The molecular formula is C12H18N4O. The lowest BCUT2D eigenvalue weighted by Gasteiger charge is -1.96. The standard InChI is InChI=1S/C12H18N4O/c1-3-4-13-7-11-5-12(17-15-11)9-16-8-10(2)6-14-16/h5-6,8,13H,3-4,7,9H2,1-2H3. The molecule has 0 fully saturated rings. The van der Waals surface area contributed by atoms with E-state index in [1.54, 1.807) is 0 Å². The van der Waals surface area contributed by atoms with Gasteiger partial charge in [0.1, 0.15) is 6.54 Å². The number of hydrogen-bond acceptors (Lipinski definition) is 4. The van der Waals surface area contributed by atoms with E-state index in [0.717, 1.165) is 36.5 Å². The van der Waals surface area contributed by atoms with E-state index in [4.69, 9.17) is 4.52 Å². The Kier molecular flexibility index (Phi) is 3.93. The van der Waals surface area contributed by atoms with Crippen molar-refractivity contribution in [2.24, 2.45) is 0 Å². The molecule has 5 nitrogen and oxygen atoms in total. The van der Waals surface area contributed by atoms with Crippen LogP contribution in [0, 0.1) is 6.92 Å². The molecule has 0 aromatic carbocycles. The molecule has 0 spiro atoms. The van der Waals surface area contributed by atoms with E-state index < -0.39 is 0 Å². The number of aromatic nitrogens is 3. The van der Waals surface area contributed by atoms with Gasteiger partial charge in [-0.25, -0.2) is 0 Å². The molecule has 0 radical (unpaired) electrons. The van der Waals surface area contributed by atoms with Crippen LogP contribution in [0.4, 0.5) is 0 Å². The van der Waals surface area contributed by atoms with Gasteiger partial charge in [0.15, 0.2) is 5.76 Å². The number of nitrogens with zero attached hydrogens (tertiary/aromatic N) is 3. The van der Waals surface area contributed by atoms with Crippen LogP contribution in [0.5, 0.6) is 0 Å².